The third-order valence-corrected chi connectivity index (χ3v) is 7.48. The number of fused-ring (bicyclic) bond motifs is 2. The fourth-order valence-corrected chi connectivity index (χ4v) is 5.87. The highest BCUT2D eigenvalue weighted by Gasteiger charge is 2.25. The van der Waals surface area contributed by atoms with Gasteiger partial charge in [-0.15, -0.1) is 0 Å². The quantitative estimate of drug-likeness (QED) is 0.382. The zero-order chi connectivity index (χ0) is 24.5. The van der Waals surface area contributed by atoms with Crippen molar-refractivity contribution in [2.24, 2.45) is 0 Å². The van der Waals surface area contributed by atoms with Crippen molar-refractivity contribution in [2.45, 2.75) is 44.9 Å². The summed E-state index contributed by atoms with van der Waals surface area (Å²) in [5.74, 6) is 0.200. The fourth-order valence-electron chi connectivity index (χ4n) is 5.87. The van der Waals surface area contributed by atoms with Gasteiger partial charge in [-0.1, -0.05) is 36.4 Å². The van der Waals surface area contributed by atoms with E-state index < -0.39 is 6.10 Å². The normalized spacial score (nSPS) is 16.5. The minimum atomic E-state index is -0.468. The molecule has 1 atom stereocenters. The van der Waals surface area contributed by atoms with E-state index in [1.54, 1.807) is 6.07 Å². The monoisotopic (exact) mass is 473 g/mol. The Kier molecular flexibility index (Phi) is 6.92. The second-order valence-electron chi connectivity index (χ2n) is 10.5. The minimum absolute atomic E-state index is 0.200. The predicted octanol–water partition coefficient (Wildman–Crippen LogP) is 5.54. The number of aliphatic hydroxyl groups excluding tert-OH is 1. The summed E-state index contributed by atoms with van der Waals surface area (Å²) in [6.45, 7) is 6.32. The van der Waals surface area contributed by atoms with E-state index in [-0.39, 0.29) is 5.82 Å². The molecule has 1 fully saturated rings. The van der Waals surface area contributed by atoms with E-state index in [1.807, 2.05) is 25.1 Å². The van der Waals surface area contributed by atoms with Crippen molar-refractivity contribution in [3.8, 4) is 0 Å². The Hall–Kier alpha value is -2.73. The van der Waals surface area contributed by atoms with Crippen molar-refractivity contribution >= 4 is 21.7 Å². The molecule has 5 rings (SSSR count). The summed E-state index contributed by atoms with van der Waals surface area (Å²) in [5.41, 5.74) is 4.96. The van der Waals surface area contributed by atoms with Gasteiger partial charge in [-0.25, -0.2) is 4.39 Å². The maximum atomic E-state index is 14.2. The first kappa shape index (κ1) is 24.0. The molecule has 3 aromatic carbocycles. The van der Waals surface area contributed by atoms with Crippen LogP contribution in [0.4, 0.5) is 4.39 Å². The fraction of sp³-hybridized carbons (Fsp3) is 0.400. The van der Waals surface area contributed by atoms with E-state index in [1.165, 1.54) is 33.5 Å². The number of piperidine rings is 1. The molecule has 1 aliphatic heterocycles. The van der Waals surface area contributed by atoms with Crippen LogP contribution in [0.5, 0.6) is 0 Å². The molecule has 0 bridgehead atoms. The number of hydrogen-bond donors (Lipinski definition) is 1. The number of likely N-dealkylation sites (tertiary alicyclic amines) is 1. The van der Waals surface area contributed by atoms with Crippen LogP contribution in [0.2, 0.25) is 0 Å². The van der Waals surface area contributed by atoms with Crippen LogP contribution in [0.25, 0.3) is 21.7 Å². The number of likely N-dealkylation sites (N-methyl/N-ethyl adjacent to an activating group) is 1. The number of halogens is 1. The Morgan fingerprint density at radius 2 is 1.80 bits per heavy atom. The summed E-state index contributed by atoms with van der Waals surface area (Å²) in [4.78, 5) is 4.54. The van der Waals surface area contributed by atoms with Crippen LogP contribution in [-0.4, -0.2) is 59.3 Å². The third kappa shape index (κ3) is 5.13. The minimum Gasteiger partial charge on any atom is -0.390 e. The van der Waals surface area contributed by atoms with Gasteiger partial charge in [-0.2, -0.15) is 0 Å². The topological polar surface area (TPSA) is 31.6 Å². The molecule has 1 aromatic heterocycles. The molecule has 0 spiro atoms. The van der Waals surface area contributed by atoms with Gasteiger partial charge in [-0.05, 0) is 98.5 Å². The summed E-state index contributed by atoms with van der Waals surface area (Å²) >= 11 is 0. The molecular formula is C30H36FN3O. The lowest BCUT2D eigenvalue weighted by molar-refractivity contribution is 0.121. The largest absolute Gasteiger partial charge is 0.390 e. The molecule has 184 valence electrons. The van der Waals surface area contributed by atoms with Gasteiger partial charge in [0.25, 0.3) is 0 Å². The molecule has 0 radical (unpaired) electrons. The Labute approximate surface area is 207 Å². The highest BCUT2D eigenvalue weighted by molar-refractivity contribution is 5.88. The average Bonchev–Trinajstić information content (AvgIpc) is 3.16. The van der Waals surface area contributed by atoms with Crippen LogP contribution in [0.1, 0.15) is 35.4 Å². The number of aromatic nitrogens is 1. The molecule has 0 amide bonds. The number of aliphatic hydroxyl groups is 1. The third-order valence-electron chi connectivity index (χ3n) is 7.48. The summed E-state index contributed by atoms with van der Waals surface area (Å²) in [6.07, 6.45) is 3.81. The van der Waals surface area contributed by atoms with Crippen molar-refractivity contribution < 1.29 is 9.50 Å². The Morgan fingerprint density at radius 1 is 1.06 bits per heavy atom. The van der Waals surface area contributed by atoms with Crippen molar-refractivity contribution in [1.29, 1.82) is 0 Å². The second kappa shape index (κ2) is 10.1. The van der Waals surface area contributed by atoms with E-state index in [4.69, 9.17) is 0 Å². The summed E-state index contributed by atoms with van der Waals surface area (Å²) < 4.78 is 16.3. The first-order valence-corrected chi connectivity index (χ1v) is 12.7. The zero-order valence-electron chi connectivity index (χ0n) is 21.0. The van der Waals surface area contributed by atoms with E-state index in [2.05, 4.69) is 59.0 Å². The van der Waals surface area contributed by atoms with Gasteiger partial charge >= 0.3 is 0 Å². The van der Waals surface area contributed by atoms with Crippen LogP contribution in [0.15, 0.2) is 60.8 Å². The molecule has 0 saturated carbocycles. The number of benzene rings is 3. The van der Waals surface area contributed by atoms with E-state index >= 15 is 0 Å². The zero-order valence-corrected chi connectivity index (χ0v) is 21.0. The molecular weight excluding hydrogens is 437 g/mol. The number of rotatable bonds is 7. The van der Waals surface area contributed by atoms with Gasteiger partial charge < -0.3 is 14.6 Å². The highest BCUT2D eigenvalue weighted by atomic mass is 19.1. The molecule has 5 heteroatoms. The van der Waals surface area contributed by atoms with Crippen molar-refractivity contribution in [2.75, 3.05) is 33.7 Å². The van der Waals surface area contributed by atoms with Gasteiger partial charge in [0.15, 0.2) is 0 Å². The van der Waals surface area contributed by atoms with Gasteiger partial charge in [0.05, 0.1) is 6.10 Å². The maximum Gasteiger partial charge on any atom is 0.123 e. The first-order chi connectivity index (χ1) is 16.9. The molecule has 4 aromatic rings. The SMILES string of the molecule is Cc1cccc2cccc(CN3CCC(c4cn(CC(O)CN(C)C)c5ccc(F)cc45)CC3)c12. The highest BCUT2D eigenvalue weighted by Crippen LogP contribution is 2.36. The van der Waals surface area contributed by atoms with Crippen molar-refractivity contribution in [3.63, 3.8) is 0 Å². The molecule has 1 unspecified atom stereocenters. The van der Waals surface area contributed by atoms with Gasteiger partial charge in [0.2, 0.25) is 0 Å². The van der Waals surface area contributed by atoms with E-state index in [0.717, 1.165) is 43.4 Å². The Bertz CT molecular complexity index is 1310. The molecule has 1 N–H and O–H groups in total. The predicted molar refractivity (Wildman–Crippen MR) is 142 cm³/mol. The van der Waals surface area contributed by atoms with Gasteiger partial charge in [0.1, 0.15) is 5.82 Å². The van der Waals surface area contributed by atoms with Crippen molar-refractivity contribution in [1.82, 2.24) is 14.4 Å². The summed E-state index contributed by atoms with van der Waals surface area (Å²) in [7, 11) is 3.93. The summed E-state index contributed by atoms with van der Waals surface area (Å²) in [6, 6.07) is 18.2. The molecule has 0 aliphatic carbocycles. The van der Waals surface area contributed by atoms with E-state index in [0.29, 0.717) is 19.0 Å². The first-order valence-electron chi connectivity index (χ1n) is 12.7. The smallest absolute Gasteiger partial charge is 0.123 e. The average molecular weight is 474 g/mol. The molecule has 35 heavy (non-hydrogen) atoms. The van der Waals surface area contributed by atoms with Crippen LogP contribution in [0.3, 0.4) is 0 Å². The molecule has 1 aliphatic rings. The lowest BCUT2D eigenvalue weighted by Gasteiger charge is -2.32. The molecule has 4 nitrogen and oxygen atoms in total. The number of aryl methyl sites for hydroxylation is 1. The Balaban J connectivity index is 1.33. The lowest BCUT2D eigenvalue weighted by Crippen LogP contribution is -2.32. The van der Waals surface area contributed by atoms with Crippen LogP contribution < -0.4 is 0 Å². The van der Waals surface area contributed by atoms with E-state index in [9.17, 15) is 9.50 Å². The van der Waals surface area contributed by atoms with Crippen LogP contribution >= 0.6 is 0 Å². The lowest BCUT2D eigenvalue weighted by atomic mass is 9.89. The second-order valence-corrected chi connectivity index (χ2v) is 10.5. The van der Waals surface area contributed by atoms with Crippen LogP contribution in [-0.2, 0) is 13.1 Å². The maximum absolute atomic E-state index is 14.2. The number of hydrogen-bond acceptors (Lipinski definition) is 3. The van der Waals surface area contributed by atoms with Crippen molar-refractivity contribution in [3.05, 3.63) is 83.3 Å². The standard InChI is InChI=1S/C30H36FN3O/c1-21-6-4-7-23-8-5-9-24(30(21)23)17-33-14-12-22(13-15-33)28-20-34(19-26(35)18-32(2)3)29-11-10-25(31)16-27(28)29/h4-11,16,20,22,26,35H,12-15,17-19H2,1-3H3. The Morgan fingerprint density at radius 3 is 2.54 bits per heavy atom. The molecule has 2 heterocycles. The molecule has 1 saturated heterocycles. The summed E-state index contributed by atoms with van der Waals surface area (Å²) in [5, 5.41) is 14.2. The number of nitrogens with zero attached hydrogens (tertiary/aromatic N) is 3. The van der Waals surface area contributed by atoms with Gasteiger partial charge in [0, 0.05) is 36.7 Å². The van der Waals surface area contributed by atoms with Gasteiger partial charge in [-0.3, -0.25) is 4.90 Å². The van der Waals surface area contributed by atoms with Crippen LogP contribution in [0, 0.1) is 12.7 Å².